The van der Waals surface area contributed by atoms with E-state index >= 15 is 0 Å². The summed E-state index contributed by atoms with van der Waals surface area (Å²) in [5.41, 5.74) is 2.26. The molecule has 0 saturated carbocycles. The predicted octanol–water partition coefficient (Wildman–Crippen LogP) is 3.51. The number of nitrogens with two attached hydrogens (primary N) is 1. The fourth-order valence-electron chi connectivity index (χ4n) is 4.51. The van der Waals surface area contributed by atoms with Gasteiger partial charge in [0.25, 0.3) is 0 Å². The number of ether oxygens (including phenoxy) is 1. The van der Waals surface area contributed by atoms with E-state index in [1.807, 2.05) is 25.7 Å². The summed E-state index contributed by atoms with van der Waals surface area (Å²) in [6.07, 6.45) is 9.88. The quantitative estimate of drug-likeness (QED) is 0.716. The molecule has 0 radical (unpaired) electrons. The van der Waals surface area contributed by atoms with E-state index in [0.29, 0.717) is 30.2 Å². The Morgan fingerprint density at radius 1 is 1.22 bits per heavy atom. The third-order valence-corrected chi connectivity index (χ3v) is 6.29. The number of rotatable bonds is 2. The zero-order valence-corrected chi connectivity index (χ0v) is 18.8. The zero-order chi connectivity index (χ0) is 22.9. The summed E-state index contributed by atoms with van der Waals surface area (Å²) < 4.78 is 5.52. The van der Waals surface area contributed by atoms with Crippen molar-refractivity contribution >= 4 is 11.7 Å². The maximum Gasteiger partial charge on any atom is 0.410 e. The van der Waals surface area contributed by atoms with Gasteiger partial charge in [-0.2, -0.15) is 15.2 Å². The van der Waals surface area contributed by atoms with Crippen LogP contribution in [0.5, 0.6) is 0 Å². The number of hydrogen-bond acceptors (Lipinski definition) is 7. The molecule has 4 rings (SSSR count). The lowest BCUT2D eigenvalue weighted by Gasteiger charge is -2.43. The van der Waals surface area contributed by atoms with Crippen molar-refractivity contribution in [2.45, 2.75) is 58.5 Å². The Bertz CT molecular complexity index is 1070. The lowest BCUT2D eigenvalue weighted by molar-refractivity contribution is 0.00896. The molecule has 0 atom stereocenters. The van der Waals surface area contributed by atoms with Gasteiger partial charge in [-0.3, -0.25) is 0 Å². The van der Waals surface area contributed by atoms with E-state index in [0.717, 1.165) is 42.5 Å². The molecule has 0 unspecified atom stereocenters. The normalized spacial score (nSPS) is 18.2. The second kappa shape index (κ2) is 8.26. The zero-order valence-electron chi connectivity index (χ0n) is 18.8. The molecular weight excluding hydrogens is 406 g/mol. The highest BCUT2D eigenvalue weighted by molar-refractivity contribution is 5.80. The van der Waals surface area contributed by atoms with Crippen molar-refractivity contribution in [3.63, 3.8) is 0 Å². The Balaban J connectivity index is 1.51. The van der Waals surface area contributed by atoms with Gasteiger partial charge in [0.1, 0.15) is 17.4 Å². The van der Waals surface area contributed by atoms with Crippen molar-refractivity contribution in [1.29, 1.82) is 5.26 Å². The Hall–Kier alpha value is -3.41. The number of carbonyl (C=O) groups is 1. The molecule has 9 nitrogen and oxygen atoms in total. The number of allylic oxidation sites excluding steroid dienone is 2. The number of nitrogen functional groups attached to an aromatic ring is 1. The minimum atomic E-state index is -0.483. The molecule has 2 aliphatic rings. The van der Waals surface area contributed by atoms with E-state index in [4.69, 9.17) is 10.6 Å². The van der Waals surface area contributed by atoms with Gasteiger partial charge in [-0.05, 0) is 69.9 Å². The molecule has 1 aliphatic carbocycles. The van der Waals surface area contributed by atoms with Crippen molar-refractivity contribution < 1.29 is 9.53 Å². The average molecular weight is 436 g/mol. The molecule has 2 aromatic rings. The van der Waals surface area contributed by atoms with Crippen LogP contribution in [0, 0.1) is 16.7 Å². The molecule has 1 amide bonds. The van der Waals surface area contributed by atoms with Crippen molar-refractivity contribution in [1.82, 2.24) is 24.8 Å². The first-order valence-corrected chi connectivity index (χ1v) is 10.9. The molecule has 32 heavy (non-hydrogen) atoms. The van der Waals surface area contributed by atoms with E-state index < -0.39 is 5.60 Å². The smallest absolute Gasteiger partial charge is 0.410 e. The largest absolute Gasteiger partial charge is 0.444 e. The van der Waals surface area contributed by atoms with E-state index in [2.05, 4.69) is 27.2 Å². The molecule has 1 saturated heterocycles. The molecule has 3 heterocycles. The molecule has 2 N–H and O–H groups in total. The average Bonchev–Trinajstić information content (AvgIpc) is 3.10. The summed E-state index contributed by atoms with van der Waals surface area (Å²) in [5.74, 6) is 6.42. The first-order valence-electron chi connectivity index (χ1n) is 10.9. The van der Waals surface area contributed by atoms with Crippen LogP contribution in [0.2, 0.25) is 0 Å². The van der Waals surface area contributed by atoms with Gasteiger partial charge < -0.3 is 15.5 Å². The van der Waals surface area contributed by atoms with Gasteiger partial charge in [0.05, 0.1) is 5.56 Å². The molecule has 2 aromatic heterocycles. The fourth-order valence-corrected chi connectivity index (χ4v) is 4.51. The van der Waals surface area contributed by atoms with Gasteiger partial charge in [0.15, 0.2) is 11.5 Å². The van der Waals surface area contributed by atoms with Crippen molar-refractivity contribution in [3.05, 3.63) is 35.9 Å². The van der Waals surface area contributed by atoms with Crippen LogP contribution >= 0.6 is 0 Å². The lowest BCUT2D eigenvalue weighted by atomic mass is 9.68. The maximum atomic E-state index is 12.4. The monoisotopic (exact) mass is 435 g/mol. The number of likely N-dealkylation sites (tertiary alicyclic amines) is 1. The van der Waals surface area contributed by atoms with Crippen molar-refractivity contribution in [2.24, 2.45) is 5.41 Å². The number of hydrogen-bond donors (Lipinski definition) is 1. The summed E-state index contributed by atoms with van der Waals surface area (Å²) in [5, 5.41) is 14.0. The molecule has 1 fully saturated rings. The summed E-state index contributed by atoms with van der Waals surface area (Å²) in [4.78, 5) is 23.9. The van der Waals surface area contributed by atoms with E-state index in [-0.39, 0.29) is 17.2 Å². The van der Waals surface area contributed by atoms with Crippen molar-refractivity contribution in [2.75, 3.05) is 18.9 Å². The van der Waals surface area contributed by atoms with Crippen LogP contribution in [0.3, 0.4) is 0 Å². The Kier molecular flexibility index (Phi) is 5.63. The number of piperidine rings is 1. The van der Waals surface area contributed by atoms with Crippen LogP contribution < -0.4 is 5.84 Å². The van der Waals surface area contributed by atoms with Crippen LogP contribution in [0.25, 0.3) is 17.0 Å². The Labute approximate surface area is 187 Å². The highest BCUT2D eigenvalue weighted by Gasteiger charge is 2.38. The maximum absolute atomic E-state index is 12.4. The summed E-state index contributed by atoms with van der Waals surface area (Å²) in [6.45, 7) is 7.07. The number of nitrogens with zero attached hydrogens (tertiary/aromatic N) is 6. The van der Waals surface area contributed by atoms with Crippen LogP contribution in [0.15, 0.2) is 24.5 Å². The SMILES string of the molecule is CC(C)(C)OC(=O)N1CCC2(CC=C(c3nn(N)c(C#N)c3-c3ncccn3)CC2)CC1. The second-order valence-corrected chi connectivity index (χ2v) is 9.60. The minimum Gasteiger partial charge on any atom is -0.444 e. The number of nitriles is 1. The summed E-state index contributed by atoms with van der Waals surface area (Å²) in [7, 11) is 0. The molecular formula is C23H29N7O2. The molecule has 0 bridgehead atoms. The van der Waals surface area contributed by atoms with Gasteiger partial charge in [-0.1, -0.05) is 6.08 Å². The second-order valence-electron chi connectivity index (χ2n) is 9.60. The van der Waals surface area contributed by atoms with Crippen LogP contribution in [0.1, 0.15) is 64.3 Å². The number of amides is 1. The van der Waals surface area contributed by atoms with Gasteiger partial charge in [0.2, 0.25) is 0 Å². The number of carbonyl (C=O) groups excluding carboxylic acids is 1. The molecule has 9 heteroatoms. The van der Waals surface area contributed by atoms with Crippen LogP contribution in [-0.4, -0.2) is 49.5 Å². The summed E-state index contributed by atoms with van der Waals surface area (Å²) in [6, 6.07) is 3.86. The Morgan fingerprint density at radius 3 is 2.47 bits per heavy atom. The minimum absolute atomic E-state index is 0.175. The van der Waals surface area contributed by atoms with E-state index in [9.17, 15) is 10.1 Å². The van der Waals surface area contributed by atoms with Gasteiger partial charge in [0, 0.05) is 25.5 Å². The fraction of sp³-hybridized carbons (Fsp3) is 0.522. The highest BCUT2D eigenvalue weighted by Crippen LogP contribution is 2.46. The first kappa shape index (κ1) is 21.8. The first-order chi connectivity index (χ1) is 15.2. The predicted molar refractivity (Wildman–Crippen MR) is 119 cm³/mol. The van der Waals surface area contributed by atoms with Gasteiger partial charge >= 0.3 is 6.09 Å². The molecule has 168 valence electrons. The number of aromatic nitrogens is 4. The van der Waals surface area contributed by atoms with Crippen LogP contribution in [-0.2, 0) is 4.74 Å². The van der Waals surface area contributed by atoms with Gasteiger partial charge in [-0.25, -0.2) is 14.8 Å². The van der Waals surface area contributed by atoms with Crippen molar-refractivity contribution in [3.8, 4) is 17.5 Å². The van der Waals surface area contributed by atoms with E-state index in [1.165, 1.54) is 0 Å². The van der Waals surface area contributed by atoms with Gasteiger partial charge in [-0.15, -0.1) is 0 Å². The standard InChI is InChI=1S/C23H29N7O2/c1-22(2,3)32-21(31)29-13-9-23(10-14-29)7-5-16(6-8-23)19-18(17(15-24)30(25)28-19)20-26-11-4-12-27-20/h4-5,11-12H,6-10,13-14,25H2,1-3H3. The third kappa shape index (κ3) is 4.31. The van der Waals surface area contributed by atoms with Crippen LogP contribution in [0.4, 0.5) is 4.79 Å². The molecule has 0 aromatic carbocycles. The third-order valence-electron chi connectivity index (χ3n) is 6.29. The summed E-state index contributed by atoms with van der Waals surface area (Å²) >= 11 is 0. The highest BCUT2D eigenvalue weighted by atomic mass is 16.6. The molecule has 1 spiro atoms. The lowest BCUT2D eigenvalue weighted by Crippen LogP contribution is -2.45. The molecule has 1 aliphatic heterocycles. The Morgan fingerprint density at radius 2 is 1.91 bits per heavy atom. The topological polar surface area (TPSA) is 123 Å². The van der Waals surface area contributed by atoms with E-state index in [1.54, 1.807) is 18.5 Å².